The van der Waals surface area contributed by atoms with Gasteiger partial charge in [-0.15, -0.1) is 0 Å². The molecule has 1 saturated heterocycles. The predicted molar refractivity (Wildman–Crippen MR) is 103 cm³/mol. The number of fused-ring (bicyclic) bond motifs is 1. The van der Waals surface area contributed by atoms with Gasteiger partial charge in [-0.1, -0.05) is 25.8 Å². The molecule has 0 radical (unpaired) electrons. The van der Waals surface area contributed by atoms with E-state index in [1.165, 1.54) is 0 Å². The highest BCUT2D eigenvalue weighted by atomic mass is 32.2. The lowest BCUT2D eigenvalue weighted by molar-refractivity contribution is 0.575. The molecule has 0 saturated carbocycles. The standard InChI is InChI=1S/C18H22N6S/c1-12(2)25-24-9-6-13(11-24)22-17-14(4-3-7-19-17)16-10-21-18-15(23-16)5-8-20-18/h3-5,7-8,10,12-13H,6,9,11H2,1-2H3,(H,19,22)(H,20,21). The maximum atomic E-state index is 4.71. The Kier molecular flexibility index (Phi) is 4.59. The third kappa shape index (κ3) is 3.62. The Morgan fingerprint density at radius 3 is 3.12 bits per heavy atom. The van der Waals surface area contributed by atoms with Crippen LogP contribution in [-0.2, 0) is 0 Å². The van der Waals surface area contributed by atoms with Crippen LogP contribution >= 0.6 is 11.9 Å². The molecule has 0 bridgehead atoms. The Hall–Kier alpha value is -2.12. The monoisotopic (exact) mass is 354 g/mol. The fourth-order valence-electron chi connectivity index (χ4n) is 3.12. The maximum absolute atomic E-state index is 4.71. The van der Waals surface area contributed by atoms with Gasteiger partial charge in [0.05, 0.1) is 11.9 Å². The summed E-state index contributed by atoms with van der Waals surface area (Å²) in [7, 11) is 0. The second-order valence-electron chi connectivity index (χ2n) is 6.54. The number of nitrogens with zero attached hydrogens (tertiary/aromatic N) is 4. The smallest absolute Gasteiger partial charge is 0.156 e. The summed E-state index contributed by atoms with van der Waals surface area (Å²) in [5, 5.41) is 4.23. The number of pyridine rings is 1. The summed E-state index contributed by atoms with van der Waals surface area (Å²) < 4.78 is 2.44. The Bertz CT molecular complexity index is 861. The molecular formula is C18H22N6S. The van der Waals surface area contributed by atoms with Crippen molar-refractivity contribution in [3.63, 3.8) is 0 Å². The van der Waals surface area contributed by atoms with Crippen molar-refractivity contribution >= 4 is 28.9 Å². The Balaban J connectivity index is 1.55. The summed E-state index contributed by atoms with van der Waals surface area (Å²) in [5.74, 6) is 0.882. The van der Waals surface area contributed by atoms with Crippen LogP contribution in [0.4, 0.5) is 5.82 Å². The van der Waals surface area contributed by atoms with Crippen molar-refractivity contribution in [3.05, 3.63) is 36.8 Å². The first-order chi connectivity index (χ1) is 12.2. The SMILES string of the molecule is CC(C)SN1CCC(Nc2ncccc2-c2cnc3[nH]ccc3n2)C1. The second-order valence-corrected chi connectivity index (χ2v) is 8.21. The van der Waals surface area contributed by atoms with Gasteiger partial charge in [0.25, 0.3) is 0 Å². The fraction of sp³-hybridized carbons (Fsp3) is 0.389. The molecule has 4 heterocycles. The number of H-pyrrole nitrogens is 1. The van der Waals surface area contributed by atoms with Crippen LogP contribution in [0.2, 0.25) is 0 Å². The zero-order valence-corrected chi connectivity index (χ0v) is 15.3. The zero-order valence-electron chi connectivity index (χ0n) is 14.4. The van der Waals surface area contributed by atoms with Gasteiger partial charge in [0.15, 0.2) is 5.65 Å². The van der Waals surface area contributed by atoms with Crippen LogP contribution in [0.15, 0.2) is 36.8 Å². The van der Waals surface area contributed by atoms with Gasteiger partial charge in [-0.2, -0.15) is 0 Å². The van der Waals surface area contributed by atoms with E-state index in [4.69, 9.17) is 4.98 Å². The average Bonchev–Trinajstić information content (AvgIpc) is 3.23. The lowest BCUT2D eigenvalue weighted by atomic mass is 10.1. The molecule has 1 unspecified atom stereocenters. The van der Waals surface area contributed by atoms with Crippen molar-refractivity contribution in [2.45, 2.75) is 31.6 Å². The van der Waals surface area contributed by atoms with E-state index < -0.39 is 0 Å². The molecule has 0 aromatic carbocycles. The second kappa shape index (κ2) is 7.01. The predicted octanol–water partition coefficient (Wildman–Crippen LogP) is 3.56. The van der Waals surface area contributed by atoms with Crippen molar-refractivity contribution < 1.29 is 0 Å². The average molecular weight is 354 g/mol. The summed E-state index contributed by atoms with van der Waals surface area (Å²) in [6.07, 6.45) is 6.61. The maximum Gasteiger partial charge on any atom is 0.156 e. The number of hydrogen-bond acceptors (Lipinski definition) is 6. The molecular weight excluding hydrogens is 332 g/mol. The highest BCUT2D eigenvalue weighted by molar-refractivity contribution is 7.97. The van der Waals surface area contributed by atoms with Crippen molar-refractivity contribution in [1.82, 2.24) is 24.2 Å². The highest BCUT2D eigenvalue weighted by Crippen LogP contribution is 2.28. The molecule has 3 aromatic rings. The molecule has 0 spiro atoms. The quantitative estimate of drug-likeness (QED) is 0.683. The Morgan fingerprint density at radius 1 is 1.32 bits per heavy atom. The first-order valence-corrected chi connectivity index (χ1v) is 9.46. The van der Waals surface area contributed by atoms with Crippen LogP contribution in [-0.4, -0.2) is 48.6 Å². The first-order valence-electron chi connectivity index (χ1n) is 8.63. The minimum atomic E-state index is 0.406. The molecule has 2 N–H and O–H groups in total. The van der Waals surface area contributed by atoms with Crippen LogP contribution in [0, 0.1) is 0 Å². The lowest BCUT2D eigenvalue weighted by Gasteiger charge is -2.18. The van der Waals surface area contributed by atoms with E-state index in [1.54, 1.807) is 6.20 Å². The van der Waals surface area contributed by atoms with Gasteiger partial charge in [-0.05, 0) is 24.6 Å². The van der Waals surface area contributed by atoms with Crippen LogP contribution in [0.1, 0.15) is 20.3 Å². The van der Waals surface area contributed by atoms with Gasteiger partial charge >= 0.3 is 0 Å². The van der Waals surface area contributed by atoms with E-state index in [0.717, 1.165) is 47.7 Å². The largest absolute Gasteiger partial charge is 0.365 e. The number of aromatic nitrogens is 4. The third-order valence-corrected chi connectivity index (χ3v) is 5.25. The molecule has 1 fully saturated rings. The van der Waals surface area contributed by atoms with Gasteiger partial charge in [0.2, 0.25) is 0 Å². The third-order valence-electron chi connectivity index (χ3n) is 4.20. The van der Waals surface area contributed by atoms with Crippen molar-refractivity contribution in [3.8, 4) is 11.3 Å². The Morgan fingerprint density at radius 2 is 2.24 bits per heavy atom. The molecule has 25 heavy (non-hydrogen) atoms. The molecule has 3 aromatic heterocycles. The van der Waals surface area contributed by atoms with E-state index >= 15 is 0 Å². The Labute approximate surface area is 151 Å². The van der Waals surface area contributed by atoms with Gasteiger partial charge in [0.1, 0.15) is 11.3 Å². The molecule has 0 aliphatic carbocycles. The highest BCUT2D eigenvalue weighted by Gasteiger charge is 2.24. The molecule has 6 nitrogen and oxygen atoms in total. The summed E-state index contributed by atoms with van der Waals surface area (Å²) in [4.78, 5) is 16.8. The van der Waals surface area contributed by atoms with Crippen LogP contribution in [0.25, 0.3) is 22.4 Å². The van der Waals surface area contributed by atoms with E-state index in [9.17, 15) is 0 Å². The fourth-order valence-corrected chi connectivity index (χ4v) is 4.19. The number of nitrogens with one attached hydrogen (secondary N) is 2. The first kappa shape index (κ1) is 16.4. The topological polar surface area (TPSA) is 69.7 Å². The van der Waals surface area contributed by atoms with Gasteiger partial charge in [-0.25, -0.2) is 19.3 Å². The molecule has 130 valence electrons. The number of rotatable bonds is 5. The molecule has 1 atom stereocenters. The number of anilines is 1. The molecule has 1 aliphatic heterocycles. The molecule has 4 rings (SSSR count). The van der Waals surface area contributed by atoms with E-state index in [1.807, 2.05) is 42.5 Å². The molecule has 1 aliphatic rings. The van der Waals surface area contributed by atoms with E-state index in [0.29, 0.717) is 11.3 Å². The summed E-state index contributed by atoms with van der Waals surface area (Å²) >= 11 is 1.93. The normalized spacial score (nSPS) is 18.3. The lowest BCUT2D eigenvalue weighted by Crippen LogP contribution is -2.24. The van der Waals surface area contributed by atoms with Crippen LogP contribution in [0.5, 0.6) is 0 Å². The van der Waals surface area contributed by atoms with Crippen molar-refractivity contribution in [2.24, 2.45) is 0 Å². The van der Waals surface area contributed by atoms with Crippen molar-refractivity contribution in [2.75, 3.05) is 18.4 Å². The summed E-state index contributed by atoms with van der Waals surface area (Å²) in [6, 6.07) is 6.34. The molecule has 7 heteroatoms. The minimum absolute atomic E-state index is 0.406. The number of hydrogen-bond donors (Lipinski definition) is 2. The molecule has 0 amide bonds. The summed E-state index contributed by atoms with van der Waals surface area (Å²) in [5.41, 5.74) is 3.51. The van der Waals surface area contributed by atoms with Crippen LogP contribution in [0.3, 0.4) is 0 Å². The van der Waals surface area contributed by atoms with Gasteiger partial charge < -0.3 is 10.3 Å². The summed E-state index contributed by atoms with van der Waals surface area (Å²) in [6.45, 7) is 6.61. The van der Waals surface area contributed by atoms with Crippen molar-refractivity contribution in [1.29, 1.82) is 0 Å². The zero-order chi connectivity index (χ0) is 17.2. The van der Waals surface area contributed by atoms with E-state index in [-0.39, 0.29) is 0 Å². The van der Waals surface area contributed by atoms with Gasteiger partial charge in [-0.3, -0.25) is 0 Å². The van der Waals surface area contributed by atoms with Gasteiger partial charge in [0, 0.05) is 42.3 Å². The number of aromatic amines is 1. The van der Waals surface area contributed by atoms with E-state index in [2.05, 4.69) is 38.4 Å². The van der Waals surface area contributed by atoms with Crippen LogP contribution < -0.4 is 5.32 Å². The minimum Gasteiger partial charge on any atom is -0.365 e.